The second-order valence-corrected chi connectivity index (χ2v) is 10.9. The maximum absolute atomic E-state index is 12.8. The third-order valence-corrected chi connectivity index (χ3v) is 7.30. The summed E-state index contributed by atoms with van der Waals surface area (Å²) >= 11 is 0. The average molecular weight is 551 g/mol. The Bertz CT molecular complexity index is 689. The van der Waals surface area contributed by atoms with E-state index in [0.29, 0.717) is 19.3 Å². The van der Waals surface area contributed by atoms with Crippen LogP contribution in [0.15, 0.2) is 24.3 Å². The van der Waals surface area contributed by atoms with E-state index in [9.17, 15) is 29.7 Å². The summed E-state index contributed by atoms with van der Waals surface area (Å²) in [6.07, 6.45) is 20.3. The summed E-state index contributed by atoms with van der Waals surface area (Å²) in [6, 6.07) is 0. The molecule has 39 heavy (non-hydrogen) atoms. The van der Waals surface area contributed by atoms with Gasteiger partial charge in [-0.2, -0.15) is 0 Å². The smallest absolute Gasteiger partial charge is 0.210 e. The Morgan fingerprint density at radius 1 is 0.590 bits per heavy atom. The van der Waals surface area contributed by atoms with E-state index in [2.05, 4.69) is 31.2 Å². The molecular weight excluding hydrogens is 492 g/mol. The predicted molar refractivity (Wildman–Crippen MR) is 160 cm³/mol. The van der Waals surface area contributed by atoms with Gasteiger partial charge in [-0.1, -0.05) is 103 Å². The number of hydrogen-bond acceptors (Lipinski definition) is 6. The Morgan fingerprint density at radius 2 is 1.00 bits per heavy atom. The lowest BCUT2D eigenvalue weighted by atomic mass is 9.79. The van der Waals surface area contributed by atoms with Crippen LogP contribution >= 0.6 is 0 Å². The van der Waals surface area contributed by atoms with Crippen molar-refractivity contribution in [3.8, 4) is 0 Å². The van der Waals surface area contributed by atoms with Crippen LogP contribution in [0.3, 0.4) is 0 Å². The van der Waals surface area contributed by atoms with Crippen molar-refractivity contribution in [2.45, 2.75) is 167 Å². The van der Waals surface area contributed by atoms with Gasteiger partial charge in [-0.05, 0) is 51.4 Å². The van der Waals surface area contributed by atoms with Gasteiger partial charge in [0.2, 0.25) is 5.60 Å². The Labute approximate surface area is 238 Å². The summed E-state index contributed by atoms with van der Waals surface area (Å²) in [5, 5.41) is 32.3. The fourth-order valence-corrected chi connectivity index (χ4v) is 4.60. The van der Waals surface area contributed by atoms with Gasteiger partial charge in [0.25, 0.3) is 0 Å². The summed E-state index contributed by atoms with van der Waals surface area (Å²) in [7, 11) is 0. The zero-order valence-corrected chi connectivity index (χ0v) is 25.2. The highest BCUT2D eigenvalue weighted by Crippen LogP contribution is 2.24. The minimum atomic E-state index is -2.74. The standard InChI is InChI=1S/C33H58O6/c1-4-7-10-11-12-13-14-15-16-17-18-19-20-21-24-25-28(34)31(37)32(38)33(39,29(35)26-22-8-5-2)30(36)27-23-9-6-3/h12-13,15-16,31-32,37-39H,4-11,14,17-27H2,1-3H3/b13-12-,16-15-. The Kier molecular flexibility index (Phi) is 23.2. The highest BCUT2D eigenvalue weighted by molar-refractivity contribution is 6.11. The number of ketones is 3. The number of aliphatic hydroxyl groups is 3. The maximum Gasteiger partial charge on any atom is 0.210 e. The summed E-state index contributed by atoms with van der Waals surface area (Å²) < 4.78 is 0. The number of unbranched alkanes of at least 4 members (excludes halogenated alkanes) is 12. The van der Waals surface area contributed by atoms with Crippen molar-refractivity contribution in [2.75, 3.05) is 0 Å². The van der Waals surface area contributed by atoms with E-state index >= 15 is 0 Å². The largest absolute Gasteiger partial charge is 0.386 e. The first-order chi connectivity index (χ1) is 18.8. The van der Waals surface area contributed by atoms with Gasteiger partial charge >= 0.3 is 0 Å². The molecule has 0 amide bonds. The SMILES string of the molecule is CCCCC/C=C\C/C=C\CCCCCCCC(=O)C(O)C(O)C(O)(C(=O)CCCCC)C(=O)CCCCC. The van der Waals surface area contributed by atoms with Crippen LogP contribution in [0.5, 0.6) is 0 Å². The van der Waals surface area contributed by atoms with E-state index < -0.39 is 35.2 Å². The lowest BCUT2D eigenvalue weighted by Crippen LogP contribution is -2.61. The fraction of sp³-hybridized carbons (Fsp3) is 0.788. The van der Waals surface area contributed by atoms with Gasteiger partial charge in [0, 0.05) is 19.3 Å². The second kappa shape index (κ2) is 24.2. The maximum atomic E-state index is 12.8. The predicted octanol–water partition coefficient (Wildman–Crippen LogP) is 7.12. The van der Waals surface area contributed by atoms with Crippen molar-refractivity contribution in [3.63, 3.8) is 0 Å². The van der Waals surface area contributed by atoms with Crippen molar-refractivity contribution in [1.29, 1.82) is 0 Å². The van der Waals surface area contributed by atoms with Crippen molar-refractivity contribution in [1.82, 2.24) is 0 Å². The van der Waals surface area contributed by atoms with Crippen molar-refractivity contribution in [3.05, 3.63) is 24.3 Å². The minimum Gasteiger partial charge on any atom is -0.386 e. The number of rotatable bonds is 27. The Balaban J connectivity index is 4.51. The summed E-state index contributed by atoms with van der Waals surface area (Å²) in [5.74, 6) is -2.27. The number of allylic oxidation sites excluding steroid dienone is 4. The molecule has 2 unspecified atom stereocenters. The Hall–Kier alpha value is -1.63. The summed E-state index contributed by atoms with van der Waals surface area (Å²) in [6.45, 7) is 6.15. The highest BCUT2D eigenvalue weighted by atomic mass is 16.4. The molecule has 0 heterocycles. The minimum absolute atomic E-state index is 0.0346. The number of hydrogen-bond donors (Lipinski definition) is 3. The molecular formula is C33H58O6. The first-order valence-corrected chi connectivity index (χ1v) is 15.7. The van der Waals surface area contributed by atoms with Crippen LogP contribution in [0.25, 0.3) is 0 Å². The molecule has 0 aliphatic carbocycles. The third kappa shape index (κ3) is 16.3. The molecule has 0 saturated carbocycles. The van der Waals surface area contributed by atoms with E-state index in [1.807, 2.05) is 13.8 Å². The quantitative estimate of drug-likeness (QED) is 0.0570. The van der Waals surface area contributed by atoms with Crippen LogP contribution < -0.4 is 0 Å². The third-order valence-electron chi connectivity index (χ3n) is 7.30. The van der Waals surface area contributed by atoms with Crippen LogP contribution in [0.2, 0.25) is 0 Å². The molecule has 0 fully saturated rings. The zero-order valence-electron chi connectivity index (χ0n) is 25.2. The second-order valence-electron chi connectivity index (χ2n) is 10.9. The van der Waals surface area contributed by atoms with Gasteiger partial charge in [-0.15, -0.1) is 0 Å². The fourth-order valence-electron chi connectivity index (χ4n) is 4.60. The topological polar surface area (TPSA) is 112 Å². The molecule has 0 aromatic rings. The molecule has 0 spiro atoms. The van der Waals surface area contributed by atoms with Crippen molar-refractivity contribution < 1.29 is 29.7 Å². The van der Waals surface area contributed by atoms with E-state index in [4.69, 9.17) is 0 Å². The summed E-state index contributed by atoms with van der Waals surface area (Å²) in [5.41, 5.74) is -2.74. The number of aliphatic hydroxyl groups excluding tert-OH is 2. The van der Waals surface area contributed by atoms with E-state index in [1.165, 1.54) is 19.3 Å². The normalized spacial score (nSPS) is 13.8. The molecule has 0 saturated heterocycles. The van der Waals surface area contributed by atoms with Crippen molar-refractivity contribution in [2.24, 2.45) is 0 Å². The van der Waals surface area contributed by atoms with Crippen LogP contribution in [0.4, 0.5) is 0 Å². The number of carbonyl (C=O) groups excluding carboxylic acids is 3. The van der Waals surface area contributed by atoms with Gasteiger partial charge in [0.15, 0.2) is 17.3 Å². The average Bonchev–Trinajstić information content (AvgIpc) is 2.93. The molecule has 6 heteroatoms. The first kappa shape index (κ1) is 37.4. The van der Waals surface area contributed by atoms with E-state index in [1.54, 1.807) is 0 Å². The van der Waals surface area contributed by atoms with Gasteiger partial charge in [-0.3, -0.25) is 14.4 Å². The van der Waals surface area contributed by atoms with E-state index in [-0.39, 0.29) is 19.3 Å². The first-order valence-electron chi connectivity index (χ1n) is 15.7. The Morgan fingerprint density at radius 3 is 1.51 bits per heavy atom. The van der Waals surface area contributed by atoms with Gasteiger partial charge in [0.1, 0.15) is 12.2 Å². The van der Waals surface area contributed by atoms with Crippen LogP contribution in [-0.4, -0.2) is 50.5 Å². The number of Topliss-reactive ketones (excluding diaryl/α,β-unsaturated/α-hetero) is 3. The lowest BCUT2D eigenvalue weighted by molar-refractivity contribution is -0.174. The molecule has 0 aliphatic rings. The molecule has 0 bridgehead atoms. The molecule has 226 valence electrons. The lowest BCUT2D eigenvalue weighted by Gasteiger charge is -2.32. The monoisotopic (exact) mass is 550 g/mol. The van der Waals surface area contributed by atoms with Crippen LogP contribution in [-0.2, 0) is 14.4 Å². The highest BCUT2D eigenvalue weighted by Gasteiger charge is 2.52. The molecule has 0 rings (SSSR count). The molecule has 6 nitrogen and oxygen atoms in total. The van der Waals surface area contributed by atoms with E-state index in [0.717, 1.165) is 70.6 Å². The van der Waals surface area contributed by atoms with Gasteiger partial charge < -0.3 is 15.3 Å². The molecule has 0 aromatic carbocycles. The molecule has 2 atom stereocenters. The molecule has 3 N–H and O–H groups in total. The molecule has 0 radical (unpaired) electrons. The summed E-state index contributed by atoms with van der Waals surface area (Å²) in [4.78, 5) is 38.2. The zero-order chi connectivity index (χ0) is 29.4. The van der Waals surface area contributed by atoms with Crippen molar-refractivity contribution >= 4 is 17.3 Å². The van der Waals surface area contributed by atoms with Gasteiger partial charge in [-0.25, -0.2) is 0 Å². The molecule has 0 aromatic heterocycles. The van der Waals surface area contributed by atoms with Crippen LogP contribution in [0.1, 0.15) is 149 Å². The van der Waals surface area contributed by atoms with Crippen LogP contribution in [0, 0.1) is 0 Å². The van der Waals surface area contributed by atoms with Gasteiger partial charge in [0.05, 0.1) is 0 Å². The number of carbonyl (C=O) groups is 3. The molecule has 0 aliphatic heterocycles.